The summed E-state index contributed by atoms with van der Waals surface area (Å²) in [5, 5.41) is 1.07. The molecule has 1 atom stereocenters. The Morgan fingerprint density at radius 1 is 1.15 bits per heavy atom. The van der Waals surface area contributed by atoms with Crippen LogP contribution in [0, 0.1) is 5.92 Å². The van der Waals surface area contributed by atoms with Crippen molar-refractivity contribution in [2.75, 3.05) is 31.1 Å². The van der Waals surface area contributed by atoms with Gasteiger partial charge in [-0.1, -0.05) is 23.5 Å². The summed E-state index contributed by atoms with van der Waals surface area (Å²) >= 11 is 1.74. The largest absolute Gasteiger partial charge is 0.345 e. The molecule has 2 aliphatic rings. The summed E-state index contributed by atoms with van der Waals surface area (Å²) in [4.78, 5) is 26.2. The lowest BCUT2D eigenvalue weighted by atomic mass is 9.96. The first-order chi connectivity index (χ1) is 12.8. The second kappa shape index (κ2) is 6.39. The Morgan fingerprint density at radius 3 is 2.85 bits per heavy atom. The summed E-state index contributed by atoms with van der Waals surface area (Å²) in [6.07, 6.45) is 5.64. The number of rotatable bonds is 2. The van der Waals surface area contributed by atoms with Gasteiger partial charge in [-0.3, -0.25) is 4.79 Å². The summed E-state index contributed by atoms with van der Waals surface area (Å²) in [5.74, 6) is 0.388. The van der Waals surface area contributed by atoms with Crippen molar-refractivity contribution in [3.8, 4) is 0 Å². The molecule has 1 saturated heterocycles. The number of nitrogens with zero attached hydrogens (tertiary/aromatic N) is 5. The smallest absolute Gasteiger partial charge is 0.227 e. The number of imidazole rings is 1. The Labute approximate surface area is 156 Å². The maximum absolute atomic E-state index is 12.9. The van der Waals surface area contributed by atoms with Gasteiger partial charge in [-0.25, -0.2) is 9.97 Å². The van der Waals surface area contributed by atoms with Gasteiger partial charge in [0, 0.05) is 44.6 Å². The van der Waals surface area contributed by atoms with Crippen LogP contribution in [-0.4, -0.2) is 51.5 Å². The number of fused-ring (bicyclic) bond motifs is 2. The molecule has 1 aromatic carbocycles. The van der Waals surface area contributed by atoms with E-state index < -0.39 is 0 Å². The van der Waals surface area contributed by atoms with Crippen LogP contribution < -0.4 is 4.90 Å². The maximum atomic E-state index is 12.9. The third-order valence-corrected chi connectivity index (χ3v) is 6.56. The zero-order valence-electron chi connectivity index (χ0n) is 14.5. The molecular formula is C19H21N5OS. The van der Waals surface area contributed by atoms with E-state index in [2.05, 4.69) is 32.7 Å². The quantitative estimate of drug-likeness (QED) is 0.698. The molecule has 0 N–H and O–H groups in total. The fraction of sp³-hybridized carbons (Fsp3) is 0.421. The van der Waals surface area contributed by atoms with Crippen molar-refractivity contribution < 1.29 is 4.79 Å². The molecule has 1 unspecified atom stereocenters. The number of hydrogen-bond acceptors (Lipinski definition) is 5. The van der Waals surface area contributed by atoms with Gasteiger partial charge < -0.3 is 14.4 Å². The Hall–Kier alpha value is -2.41. The predicted molar refractivity (Wildman–Crippen MR) is 102 cm³/mol. The van der Waals surface area contributed by atoms with E-state index in [-0.39, 0.29) is 5.92 Å². The normalized spacial score (nSPS) is 20.4. The van der Waals surface area contributed by atoms with Gasteiger partial charge in [0.05, 0.1) is 22.5 Å². The second-order valence-electron chi connectivity index (χ2n) is 7.05. The molecule has 0 spiro atoms. The molecule has 2 aliphatic heterocycles. The van der Waals surface area contributed by atoms with Crippen LogP contribution in [0.3, 0.4) is 0 Å². The highest BCUT2D eigenvalue weighted by atomic mass is 32.1. The van der Waals surface area contributed by atoms with Gasteiger partial charge in [0.1, 0.15) is 0 Å². The molecule has 1 fully saturated rings. The van der Waals surface area contributed by atoms with Crippen molar-refractivity contribution in [3.63, 3.8) is 0 Å². The summed E-state index contributed by atoms with van der Waals surface area (Å²) in [6.45, 7) is 4.04. The van der Waals surface area contributed by atoms with Crippen LogP contribution in [-0.2, 0) is 17.8 Å². The summed E-state index contributed by atoms with van der Waals surface area (Å²) in [7, 11) is 0. The zero-order chi connectivity index (χ0) is 17.5. The van der Waals surface area contributed by atoms with E-state index in [9.17, 15) is 4.79 Å². The maximum Gasteiger partial charge on any atom is 0.227 e. The van der Waals surface area contributed by atoms with E-state index in [1.165, 1.54) is 10.4 Å². The van der Waals surface area contributed by atoms with Crippen LogP contribution >= 0.6 is 11.3 Å². The summed E-state index contributed by atoms with van der Waals surface area (Å²) in [5.41, 5.74) is 2.30. The SMILES string of the molecule is O=C(C1CCc2cncn2C1)N1CCN(c2nc3ccccc3s2)CC1. The van der Waals surface area contributed by atoms with E-state index in [0.29, 0.717) is 5.91 Å². The van der Waals surface area contributed by atoms with E-state index in [0.717, 1.165) is 56.2 Å². The van der Waals surface area contributed by atoms with Crippen LogP contribution in [0.1, 0.15) is 12.1 Å². The minimum atomic E-state index is 0.0886. The number of amides is 1. The van der Waals surface area contributed by atoms with E-state index in [4.69, 9.17) is 4.98 Å². The van der Waals surface area contributed by atoms with Crippen molar-refractivity contribution in [2.45, 2.75) is 19.4 Å². The highest BCUT2D eigenvalue weighted by Gasteiger charge is 2.30. The minimum Gasteiger partial charge on any atom is -0.345 e. The van der Waals surface area contributed by atoms with E-state index >= 15 is 0 Å². The molecule has 2 aromatic heterocycles. The molecule has 7 heteroatoms. The first-order valence-electron chi connectivity index (χ1n) is 9.16. The molecular weight excluding hydrogens is 346 g/mol. The molecule has 1 amide bonds. The number of hydrogen-bond donors (Lipinski definition) is 0. The van der Waals surface area contributed by atoms with Gasteiger partial charge in [0.25, 0.3) is 0 Å². The molecule has 6 nitrogen and oxygen atoms in total. The highest BCUT2D eigenvalue weighted by Crippen LogP contribution is 2.29. The summed E-state index contributed by atoms with van der Waals surface area (Å²) < 4.78 is 3.35. The molecule has 3 aromatic rings. The highest BCUT2D eigenvalue weighted by molar-refractivity contribution is 7.22. The number of aromatic nitrogens is 3. The molecule has 0 saturated carbocycles. The number of thiazole rings is 1. The number of anilines is 1. The average molecular weight is 367 g/mol. The lowest BCUT2D eigenvalue weighted by Crippen LogP contribution is -2.51. The minimum absolute atomic E-state index is 0.0886. The Bertz CT molecular complexity index is 907. The number of benzene rings is 1. The number of carbonyl (C=O) groups excluding carboxylic acids is 1. The standard InChI is InChI=1S/C19H21N5OS/c25-18(14-5-6-15-11-20-13-24(15)12-14)22-7-9-23(10-8-22)19-21-16-3-1-2-4-17(16)26-19/h1-4,11,13-14H,5-10,12H2. The molecule has 0 radical (unpaired) electrons. The van der Waals surface area contributed by atoms with Crippen molar-refractivity contribution in [2.24, 2.45) is 5.92 Å². The van der Waals surface area contributed by atoms with E-state index in [1.54, 1.807) is 11.3 Å². The average Bonchev–Trinajstić information content (AvgIpc) is 3.33. The van der Waals surface area contributed by atoms with Crippen molar-refractivity contribution in [1.29, 1.82) is 0 Å². The summed E-state index contributed by atoms with van der Waals surface area (Å²) in [6, 6.07) is 8.25. The third-order valence-electron chi connectivity index (χ3n) is 5.46. The predicted octanol–water partition coefficient (Wildman–Crippen LogP) is 2.40. The Balaban J connectivity index is 1.23. The van der Waals surface area contributed by atoms with Crippen molar-refractivity contribution in [3.05, 3.63) is 42.5 Å². The van der Waals surface area contributed by atoms with E-state index in [1.807, 2.05) is 23.5 Å². The molecule has 4 heterocycles. The monoisotopic (exact) mass is 367 g/mol. The lowest BCUT2D eigenvalue weighted by molar-refractivity contribution is -0.136. The zero-order valence-corrected chi connectivity index (χ0v) is 15.4. The van der Waals surface area contributed by atoms with Gasteiger partial charge in [-0.05, 0) is 25.0 Å². The van der Waals surface area contributed by atoms with Gasteiger partial charge >= 0.3 is 0 Å². The fourth-order valence-corrected chi connectivity index (χ4v) is 4.96. The third kappa shape index (κ3) is 2.76. The first-order valence-corrected chi connectivity index (χ1v) is 9.98. The molecule has 26 heavy (non-hydrogen) atoms. The van der Waals surface area contributed by atoms with Crippen LogP contribution in [0.25, 0.3) is 10.2 Å². The number of aryl methyl sites for hydroxylation is 1. The van der Waals surface area contributed by atoms with Crippen molar-refractivity contribution in [1.82, 2.24) is 19.4 Å². The second-order valence-corrected chi connectivity index (χ2v) is 8.06. The van der Waals surface area contributed by atoms with Gasteiger partial charge in [0.15, 0.2) is 5.13 Å². The molecule has 5 rings (SSSR count). The Kier molecular flexibility index (Phi) is 3.89. The van der Waals surface area contributed by atoms with Gasteiger partial charge in [0.2, 0.25) is 5.91 Å². The number of carbonyl (C=O) groups is 1. The molecule has 0 aliphatic carbocycles. The van der Waals surface area contributed by atoms with Crippen LogP contribution in [0.4, 0.5) is 5.13 Å². The topological polar surface area (TPSA) is 54.3 Å². The Morgan fingerprint density at radius 2 is 2.00 bits per heavy atom. The fourth-order valence-electron chi connectivity index (χ4n) is 3.94. The van der Waals surface area contributed by atoms with Crippen LogP contribution in [0.5, 0.6) is 0 Å². The lowest BCUT2D eigenvalue weighted by Gasteiger charge is -2.37. The first kappa shape index (κ1) is 15.8. The molecule has 134 valence electrons. The van der Waals surface area contributed by atoms with Gasteiger partial charge in [-0.15, -0.1) is 0 Å². The molecule has 0 bridgehead atoms. The van der Waals surface area contributed by atoms with Gasteiger partial charge in [-0.2, -0.15) is 0 Å². The van der Waals surface area contributed by atoms with Crippen LogP contribution in [0.15, 0.2) is 36.8 Å². The number of piperazine rings is 1. The number of para-hydroxylation sites is 1. The van der Waals surface area contributed by atoms with Crippen molar-refractivity contribution >= 4 is 32.6 Å². The van der Waals surface area contributed by atoms with Crippen LogP contribution in [0.2, 0.25) is 0 Å².